The summed E-state index contributed by atoms with van der Waals surface area (Å²) in [6.45, 7) is 0. The summed E-state index contributed by atoms with van der Waals surface area (Å²) in [5, 5.41) is 11.8. The lowest BCUT2D eigenvalue weighted by Crippen LogP contribution is -2.17. The van der Waals surface area contributed by atoms with Crippen molar-refractivity contribution in [2.24, 2.45) is 0 Å². The van der Waals surface area contributed by atoms with Gasteiger partial charge in [0.05, 0.1) is 21.3 Å². The van der Waals surface area contributed by atoms with Crippen LogP contribution in [0.4, 0.5) is 18.9 Å². The lowest BCUT2D eigenvalue weighted by molar-refractivity contribution is -0.274. The predicted octanol–water partition coefficient (Wildman–Crippen LogP) is 4.16. The van der Waals surface area contributed by atoms with Crippen molar-refractivity contribution in [1.29, 1.82) is 5.26 Å². The Morgan fingerprint density at radius 1 is 1.03 bits per heavy atom. The van der Waals surface area contributed by atoms with Crippen LogP contribution in [-0.2, 0) is 4.79 Å². The first-order chi connectivity index (χ1) is 14.2. The van der Waals surface area contributed by atoms with E-state index in [9.17, 15) is 23.2 Å². The standard InChI is InChI=1S/C20H17F3N2O5/c1-27-16-9-12(10-17(28-2)18(16)29-3)8-13(11-24)19(26)25-14-4-6-15(7-5-14)30-20(21,22)23/h4-10H,1-3H3,(H,25,26). The number of halogens is 3. The first-order valence-electron chi connectivity index (χ1n) is 8.29. The molecule has 2 aromatic rings. The molecule has 0 heterocycles. The molecular weight excluding hydrogens is 405 g/mol. The fraction of sp³-hybridized carbons (Fsp3) is 0.200. The molecule has 10 heteroatoms. The quantitative estimate of drug-likeness (QED) is 0.533. The molecule has 158 valence electrons. The van der Waals surface area contributed by atoms with E-state index in [4.69, 9.17) is 14.2 Å². The zero-order chi connectivity index (χ0) is 22.3. The topological polar surface area (TPSA) is 89.8 Å². The van der Waals surface area contributed by atoms with E-state index in [1.54, 1.807) is 18.2 Å². The van der Waals surface area contributed by atoms with E-state index in [-0.39, 0.29) is 11.3 Å². The van der Waals surface area contributed by atoms with E-state index in [1.165, 1.54) is 39.5 Å². The van der Waals surface area contributed by atoms with Gasteiger partial charge < -0.3 is 24.3 Å². The molecular formula is C20H17F3N2O5. The molecule has 30 heavy (non-hydrogen) atoms. The predicted molar refractivity (Wildman–Crippen MR) is 101 cm³/mol. The Morgan fingerprint density at radius 3 is 2.03 bits per heavy atom. The maximum absolute atomic E-state index is 12.4. The number of ether oxygens (including phenoxy) is 4. The van der Waals surface area contributed by atoms with E-state index in [0.29, 0.717) is 22.8 Å². The third-order valence-electron chi connectivity index (χ3n) is 3.71. The van der Waals surface area contributed by atoms with Gasteiger partial charge in [0.25, 0.3) is 5.91 Å². The molecule has 0 aliphatic heterocycles. The first-order valence-corrected chi connectivity index (χ1v) is 8.29. The molecule has 0 radical (unpaired) electrons. The number of benzene rings is 2. The van der Waals surface area contributed by atoms with Crippen LogP contribution in [0.3, 0.4) is 0 Å². The summed E-state index contributed by atoms with van der Waals surface area (Å²) in [7, 11) is 4.29. The minimum atomic E-state index is -4.82. The monoisotopic (exact) mass is 422 g/mol. The van der Waals surface area contributed by atoms with E-state index >= 15 is 0 Å². The summed E-state index contributed by atoms with van der Waals surface area (Å²) in [4.78, 5) is 12.4. The number of carbonyl (C=O) groups is 1. The number of anilines is 1. The van der Waals surface area contributed by atoms with Gasteiger partial charge in [-0.05, 0) is 48.0 Å². The van der Waals surface area contributed by atoms with Crippen LogP contribution in [0.2, 0.25) is 0 Å². The van der Waals surface area contributed by atoms with Crippen molar-refractivity contribution in [2.45, 2.75) is 6.36 Å². The summed E-state index contributed by atoms with van der Waals surface area (Å²) < 4.78 is 56.0. The van der Waals surface area contributed by atoms with Gasteiger partial charge in [-0.2, -0.15) is 5.26 Å². The lowest BCUT2D eigenvalue weighted by Gasteiger charge is -2.13. The SMILES string of the molecule is COc1cc(C=C(C#N)C(=O)Nc2ccc(OC(F)(F)F)cc2)cc(OC)c1OC. The Kier molecular flexibility index (Phi) is 7.14. The molecule has 0 spiro atoms. The molecule has 0 unspecified atom stereocenters. The van der Waals surface area contributed by atoms with Gasteiger partial charge in [-0.1, -0.05) is 0 Å². The Balaban J connectivity index is 2.24. The maximum atomic E-state index is 12.4. The van der Waals surface area contributed by atoms with Gasteiger partial charge in [0.1, 0.15) is 17.4 Å². The highest BCUT2D eigenvalue weighted by molar-refractivity contribution is 6.09. The summed E-state index contributed by atoms with van der Waals surface area (Å²) >= 11 is 0. The number of amides is 1. The third kappa shape index (κ3) is 5.81. The summed E-state index contributed by atoms with van der Waals surface area (Å²) in [5.41, 5.74) is 0.366. The van der Waals surface area contributed by atoms with Gasteiger partial charge in [-0.3, -0.25) is 4.79 Å². The maximum Gasteiger partial charge on any atom is 0.573 e. The van der Waals surface area contributed by atoms with Crippen molar-refractivity contribution in [2.75, 3.05) is 26.6 Å². The number of nitrogens with one attached hydrogen (secondary N) is 1. The Morgan fingerprint density at radius 2 is 1.60 bits per heavy atom. The second-order valence-electron chi connectivity index (χ2n) is 5.65. The van der Waals surface area contributed by atoms with Crippen molar-refractivity contribution in [3.8, 4) is 29.1 Å². The zero-order valence-electron chi connectivity index (χ0n) is 16.2. The lowest BCUT2D eigenvalue weighted by atomic mass is 10.1. The average Bonchev–Trinajstić information content (AvgIpc) is 2.71. The average molecular weight is 422 g/mol. The minimum Gasteiger partial charge on any atom is -0.493 e. The second kappa shape index (κ2) is 9.56. The molecule has 0 aromatic heterocycles. The fourth-order valence-electron chi connectivity index (χ4n) is 2.44. The van der Waals surface area contributed by atoms with Crippen LogP contribution < -0.4 is 24.3 Å². The van der Waals surface area contributed by atoms with Crippen LogP contribution >= 0.6 is 0 Å². The third-order valence-corrected chi connectivity index (χ3v) is 3.71. The van der Waals surface area contributed by atoms with Crippen LogP contribution in [0.1, 0.15) is 5.56 Å². The largest absolute Gasteiger partial charge is 0.573 e. The van der Waals surface area contributed by atoms with Crippen LogP contribution in [-0.4, -0.2) is 33.6 Å². The van der Waals surface area contributed by atoms with Crippen LogP contribution in [0.15, 0.2) is 42.0 Å². The van der Waals surface area contributed by atoms with E-state index in [2.05, 4.69) is 10.1 Å². The van der Waals surface area contributed by atoms with Crippen molar-refractivity contribution in [3.63, 3.8) is 0 Å². The van der Waals surface area contributed by atoms with Gasteiger partial charge >= 0.3 is 6.36 Å². The number of hydrogen-bond donors (Lipinski definition) is 1. The molecule has 0 bridgehead atoms. The molecule has 2 aromatic carbocycles. The number of nitrogens with zero attached hydrogens (tertiary/aromatic N) is 1. The molecule has 2 rings (SSSR count). The number of carbonyl (C=O) groups excluding carboxylic acids is 1. The fourth-order valence-corrected chi connectivity index (χ4v) is 2.44. The van der Waals surface area contributed by atoms with E-state index in [0.717, 1.165) is 12.1 Å². The Bertz CT molecular complexity index is 954. The molecule has 7 nitrogen and oxygen atoms in total. The van der Waals surface area contributed by atoms with Crippen molar-refractivity contribution >= 4 is 17.7 Å². The summed E-state index contributed by atoms with van der Waals surface area (Å²) in [6, 6.07) is 9.39. The van der Waals surface area contributed by atoms with Gasteiger partial charge in [-0.25, -0.2) is 0 Å². The van der Waals surface area contributed by atoms with Crippen molar-refractivity contribution in [3.05, 3.63) is 47.5 Å². The molecule has 0 saturated heterocycles. The summed E-state index contributed by atoms with van der Waals surface area (Å²) in [6.07, 6.45) is -3.51. The molecule has 0 aliphatic carbocycles. The minimum absolute atomic E-state index is 0.181. The summed E-state index contributed by atoms with van der Waals surface area (Å²) in [5.74, 6) is -0.173. The van der Waals surface area contributed by atoms with Gasteiger partial charge in [0.2, 0.25) is 5.75 Å². The highest BCUT2D eigenvalue weighted by Crippen LogP contribution is 2.38. The van der Waals surface area contributed by atoms with Gasteiger partial charge in [0.15, 0.2) is 11.5 Å². The molecule has 0 atom stereocenters. The van der Waals surface area contributed by atoms with Crippen molar-refractivity contribution < 1.29 is 36.9 Å². The van der Waals surface area contributed by atoms with E-state index in [1.807, 2.05) is 0 Å². The normalized spacial score (nSPS) is 11.3. The number of methoxy groups -OCH3 is 3. The molecule has 0 fully saturated rings. The molecule has 0 aliphatic rings. The highest BCUT2D eigenvalue weighted by Gasteiger charge is 2.31. The number of nitriles is 1. The number of hydrogen-bond acceptors (Lipinski definition) is 6. The Labute approximate surface area is 170 Å². The van der Waals surface area contributed by atoms with Crippen molar-refractivity contribution in [1.82, 2.24) is 0 Å². The zero-order valence-corrected chi connectivity index (χ0v) is 16.2. The van der Waals surface area contributed by atoms with Gasteiger partial charge in [0, 0.05) is 5.69 Å². The first kappa shape index (κ1) is 22.4. The van der Waals surface area contributed by atoms with Crippen LogP contribution in [0.5, 0.6) is 23.0 Å². The second-order valence-corrected chi connectivity index (χ2v) is 5.65. The number of alkyl halides is 3. The Hall–Kier alpha value is -3.87. The van der Waals surface area contributed by atoms with Crippen LogP contribution in [0.25, 0.3) is 6.08 Å². The molecule has 1 N–H and O–H groups in total. The van der Waals surface area contributed by atoms with Crippen LogP contribution in [0, 0.1) is 11.3 Å². The smallest absolute Gasteiger partial charge is 0.493 e. The van der Waals surface area contributed by atoms with Gasteiger partial charge in [-0.15, -0.1) is 13.2 Å². The number of rotatable bonds is 7. The highest BCUT2D eigenvalue weighted by atomic mass is 19.4. The van der Waals surface area contributed by atoms with E-state index < -0.39 is 18.0 Å². The molecule has 1 amide bonds. The molecule has 0 saturated carbocycles.